The Morgan fingerprint density at radius 1 is 1.58 bits per heavy atom. The number of carbonyl (C=O) groups excluding carboxylic acids is 1. The summed E-state index contributed by atoms with van der Waals surface area (Å²) in [6.07, 6.45) is 0.861. The van der Waals surface area contributed by atoms with Crippen LogP contribution in [0.2, 0.25) is 0 Å². The molecule has 1 nitrogen and oxygen atoms in total. The molecule has 0 bridgehead atoms. The largest absolute Gasteiger partial charge is 0.299 e. The predicted octanol–water partition coefficient (Wildman–Crippen LogP) is 2.91. The summed E-state index contributed by atoms with van der Waals surface area (Å²) in [5.74, 6) is 0.260. The standard InChI is InChI=1S/C10H14OS/c1-8(11)10(2,3)7-9-5-4-6-12-9/h4-6H,7H2,1-3H3. The Morgan fingerprint density at radius 2 is 2.25 bits per heavy atom. The fourth-order valence-corrected chi connectivity index (χ4v) is 1.91. The highest BCUT2D eigenvalue weighted by Gasteiger charge is 2.23. The van der Waals surface area contributed by atoms with Crippen molar-refractivity contribution in [3.63, 3.8) is 0 Å². The van der Waals surface area contributed by atoms with Crippen LogP contribution in [0, 0.1) is 5.41 Å². The van der Waals surface area contributed by atoms with Crippen molar-refractivity contribution in [2.75, 3.05) is 0 Å². The molecule has 0 aliphatic rings. The topological polar surface area (TPSA) is 17.1 Å². The third-order valence-electron chi connectivity index (χ3n) is 2.15. The van der Waals surface area contributed by atoms with Crippen LogP contribution in [-0.2, 0) is 11.2 Å². The quantitative estimate of drug-likeness (QED) is 0.702. The van der Waals surface area contributed by atoms with Crippen molar-refractivity contribution in [3.8, 4) is 0 Å². The fraction of sp³-hybridized carbons (Fsp3) is 0.500. The molecule has 0 aromatic carbocycles. The zero-order chi connectivity index (χ0) is 9.19. The zero-order valence-corrected chi connectivity index (χ0v) is 8.57. The minimum absolute atomic E-state index is 0.204. The first-order valence-corrected chi connectivity index (χ1v) is 4.94. The van der Waals surface area contributed by atoms with Crippen molar-refractivity contribution in [2.45, 2.75) is 27.2 Å². The van der Waals surface area contributed by atoms with Gasteiger partial charge in [-0.05, 0) is 24.8 Å². The summed E-state index contributed by atoms with van der Waals surface area (Å²) < 4.78 is 0. The Balaban J connectivity index is 2.69. The molecule has 0 fully saturated rings. The van der Waals surface area contributed by atoms with Crippen LogP contribution in [0.3, 0.4) is 0 Å². The predicted molar refractivity (Wildman–Crippen MR) is 52.5 cm³/mol. The molecule has 0 aliphatic heterocycles. The zero-order valence-electron chi connectivity index (χ0n) is 7.76. The second-order valence-corrected chi connectivity index (χ2v) is 4.73. The summed E-state index contributed by atoms with van der Waals surface area (Å²) in [7, 11) is 0. The lowest BCUT2D eigenvalue weighted by atomic mass is 9.85. The highest BCUT2D eigenvalue weighted by atomic mass is 32.1. The Morgan fingerprint density at radius 3 is 2.67 bits per heavy atom. The van der Waals surface area contributed by atoms with Gasteiger partial charge in [0.05, 0.1) is 0 Å². The molecule has 0 saturated carbocycles. The molecule has 0 aliphatic carbocycles. The molecule has 1 aromatic heterocycles. The third-order valence-corrected chi connectivity index (χ3v) is 3.03. The number of hydrogen-bond donors (Lipinski definition) is 0. The molecule has 1 aromatic rings. The van der Waals surface area contributed by atoms with E-state index < -0.39 is 0 Å². The van der Waals surface area contributed by atoms with Crippen LogP contribution in [0.15, 0.2) is 17.5 Å². The summed E-state index contributed by atoms with van der Waals surface area (Å²) in [6.45, 7) is 5.65. The van der Waals surface area contributed by atoms with Gasteiger partial charge in [0.15, 0.2) is 0 Å². The smallest absolute Gasteiger partial charge is 0.135 e. The van der Waals surface area contributed by atoms with Crippen LogP contribution in [0.1, 0.15) is 25.6 Å². The van der Waals surface area contributed by atoms with Gasteiger partial charge in [-0.15, -0.1) is 11.3 Å². The molecular formula is C10H14OS. The van der Waals surface area contributed by atoms with Crippen LogP contribution in [0.5, 0.6) is 0 Å². The number of thiophene rings is 1. The lowest BCUT2D eigenvalue weighted by Gasteiger charge is -2.19. The summed E-state index contributed by atoms with van der Waals surface area (Å²) in [5, 5.41) is 2.05. The average molecular weight is 182 g/mol. The van der Waals surface area contributed by atoms with Crippen LogP contribution in [0.25, 0.3) is 0 Å². The lowest BCUT2D eigenvalue weighted by molar-refractivity contribution is -0.124. The van der Waals surface area contributed by atoms with Gasteiger partial charge in [0, 0.05) is 10.3 Å². The summed E-state index contributed by atoms with van der Waals surface area (Å²) in [4.78, 5) is 12.5. The van der Waals surface area contributed by atoms with Gasteiger partial charge in [-0.25, -0.2) is 0 Å². The summed E-state index contributed by atoms with van der Waals surface area (Å²) in [5.41, 5.74) is -0.204. The van der Waals surface area contributed by atoms with E-state index in [0.29, 0.717) is 0 Å². The minimum atomic E-state index is -0.204. The van der Waals surface area contributed by atoms with Gasteiger partial charge in [-0.3, -0.25) is 4.79 Å². The summed E-state index contributed by atoms with van der Waals surface area (Å²) in [6, 6.07) is 4.10. The average Bonchev–Trinajstić information content (AvgIpc) is 2.38. The van der Waals surface area contributed by atoms with Crippen molar-refractivity contribution in [3.05, 3.63) is 22.4 Å². The molecule has 12 heavy (non-hydrogen) atoms. The molecule has 0 N–H and O–H groups in total. The number of carbonyl (C=O) groups is 1. The Labute approximate surface area is 77.4 Å². The second kappa shape index (κ2) is 3.40. The van der Waals surface area contributed by atoms with Crippen LogP contribution in [0.4, 0.5) is 0 Å². The van der Waals surface area contributed by atoms with E-state index in [1.807, 2.05) is 25.3 Å². The van der Waals surface area contributed by atoms with Crippen LogP contribution >= 0.6 is 11.3 Å². The van der Waals surface area contributed by atoms with Gasteiger partial charge in [-0.2, -0.15) is 0 Å². The van der Waals surface area contributed by atoms with Crippen LogP contribution < -0.4 is 0 Å². The van der Waals surface area contributed by atoms with E-state index in [9.17, 15) is 4.79 Å². The monoisotopic (exact) mass is 182 g/mol. The van der Waals surface area contributed by atoms with E-state index in [1.165, 1.54) is 4.88 Å². The van der Waals surface area contributed by atoms with Gasteiger partial charge in [0.25, 0.3) is 0 Å². The van der Waals surface area contributed by atoms with Gasteiger partial charge in [0.2, 0.25) is 0 Å². The number of rotatable bonds is 3. The molecule has 0 unspecified atom stereocenters. The second-order valence-electron chi connectivity index (χ2n) is 3.70. The Bertz CT molecular complexity index is 259. The van der Waals surface area contributed by atoms with E-state index in [-0.39, 0.29) is 11.2 Å². The first-order chi connectivity index (χ1) is 5.52. The molecule has 0 amide bonds. The fourth-order valence-electron chi connectivity index (χ4n) is 0.973. The first kappa shape index (κ1) is 9.46. The van der Waals surface area contributed by atoms with E-state index in [1.54, 1.807) is 18.3 Å². The molecule has 0 spiro atoms. The molecule has 1 rings (SSSR count). The van der Waals surface area contributed by atoms with E-state index >= 15 is 0 Å². The molecular weight excluding hydrogens is 168 g/mol. The molecule has 0 saturated heterocycles. The number of Topliss-reactive ketones (excluding diaryl/α,β-unsaturated/α-hetero) is 1. The van der Waals surface area contributed by atoms with Gasteiger partial charge in [-0.1, -0.05) is 19.9 Å². The van der Waals surface area contributed by atoms with Crippen molar-refractivity contribution in [1.29, 1.82) is 0 Å². The maximum Gasteiger partial charge on any atom is 0.135 e. The number of ketones is 1. The maximum atomic E-state index is 11.2. The van der Waals surface area contributed by atoms with Gasteiger partial charge < -0.3 is 0 Å². The number of hydrogen-bond acceptors (Lipinski definition) is 2. The summed E-state index contributed by atoms with van der Waals surface area (Å²) >= 11 is 1.71. The van der Waals surface area contributed by atoms with Crippen LogP contribution in [-0.4, -0.2) is 5.78 Å². The van der Waals surface area contributed by atoms with Crippen molar-refractivity contribution < 1.29 is 4.79 Å². The molecule has 0 atom stereocenters. The van der Waals surface area contributed by atoms with E-state index in [2.05, 4.69) is 6.07 Å². The van der Waals surface area contributed by atoms with Gasteiger partial charge >= 0.3 is 0 Å². The molecule has 0 radical (unpaired) electrons. The molecule has 1 heterocycles. The van der Waals surface area contributed by atoms with Crippen molar-refractivity contribution in [1.82, 2.24) is 0 Å². The van der Waals surface area contributed by atoms with E-state index in [4.69, 9.17) is 0 Å². The van der Waals surface area contributed by atoms with Crippen molar-refractivity contribution >= 4 is 17.1 Å². The normalized spacial score (nSPS) is 11.6. The molecule has 66 valence electrons. The minimum Gasteiger partial charge on any atom is -0.299 e. The third kappa shape index (κ3) is 2.18. The first-order valence-electron chi connectivity index (χ1n) is 4.06. The maximum absolute atomic E-state index is 11.2. The van der Waals surface area contributed by atoms with E-state index in [0.717, 1.165) is 6.42 Å². The Hall–Kier alpha value is -0.630. The molecule has 2 heteroatoms. The van der Waals surface area contributed by atoms with Crippen molar-refractivity contribution in [2.24, 2.45) is 5.41 Å². The Kier molecular flexibility index (Phi) is 2.68. The lowest BCUT2D eigenvalue weighted by Crippen LogP contribution is -2.23. The highest BCUT2D eigenvalue weighted by Crippen LogP contribution is 2.25. The highest BCUT2D eigenvalue weighted by molar-refractivity contribution is 7.09. The van der Waals surface area contributed by atoms with Gasteiger partial charge in [0.1, 0.15) is 5.78 Å². The SMILES string of the molecule is CC(=O)C(C)(C)Cc1cccs1.